The van der Waals surface area contributed by atoms with E-state index in [0.29, 0.717) is 34.6 Å². The van der Waals surface area contributed by atoms with Crippen LogP contribution in [0, 0.1) is 6.92 Å². The normalized spacial score (nSPS) is 15.7. The molecule has 0 aliphatic carbocycles. The maximum atomic E-state index is 11.5. The van der Waals surface area contributed by atoms with Crippen LogP contribution in [0.3, 0.4) is 0 Å². The molecule has 1 atom stereocenters. The maximum Gasteiger partial charge on any atom is 0.352 e. The fraction of sp³-hybridized carbons (Fsp3) is 0.312. The van der Waals surface area contributed by atoms with Crippen molar-refractivity contribution in [3.63, 3.8) is 0 Å². The monoisotopic (exact) mass is 346 g/mol. The number of carboxylic acids is 1. The van der Waals surface area contributed by atoms with Gasteiger partial charge in [-0.15, -0.1) is 0 Å². The highest BCUT2D eigenvalue weighted by molar-refractivity contribution is 5.90. The van der Waals surface area contributed by atoms with Gasteiger partial charge in [-0.3, -0.25) is 0 Å². The molecule has 1 aliphatic heterocycles. The van der Waals surface area contributed by atoms with Crippen LogP contribution >= 0.6 is 0 Å². The quantitative estimate of drug-likeness (QED) is 0.840. The van der Waals surface area contributed by atoms with Crippen molar-refractivity contribution in [2.75, 3.05) is 26.6 Å². The molecule has 0 radical (unpaired) electrons. The van der Waals surface area contributed by atoms with Gasteiger partial charge in [0.1, 0.15) is 17.6 Å². The van der Waals surface area contributed by atoms with Crippen molar-refractivity contribution in [2.24, 2.45) is 0 Å². The summed E-state index contributed by atoms with van der Waals surface area (Å²) in [5.74, 6) is 1.15. The number of aliphatic carboxylic acids is 1. The van der Waals surface area contributed by atoms with E-state index in [9.17, 15) is 9.90 Å². The highest BCUT2D eigenvalue weighted by Crippen LogP contribution is 2.44. The molecule has 9 nitrogen and oxygen atoms in total. The maximum absolute atomic E-state index is 11.5. The number of nitrogens with zero attached hydrogens (tertiary/aromatic N) is 3. The van der Waals surface area contributed by atoms with Gasteiger partial charge in [0.25, 0.3) is 0 Å². The summed E-state index contributed by atoms with van der Waals surface area (Å²) >= 11 is 0. The van der Waals surface area contributed by atoms with Crippen molar-refractivity contribution in [3.8, 4) is 17.2 Å². The number of fused-ring (bicyclic) bond motifs is 1. The third kappa shape index (κ3) is 2.73. The third-order valence-electron chi connectivity index (χ3n) is 3.86. The second-order valence-electron chi connectivity index (χ2n) is 5.31. The summed E-state index contributed by atoms with van der Waals surface area (Å²) < 4.78 is 17.8. The van der Waals surface area contributed by atoms with Crippen LogP contribution in [0.5, 0.6) is 17.2 Å². The second-order valence-corrected chi connectivity index (χ2v) is 5.31. The van der Waals surface area contributed by atoms with Crippen molar-refractivity contribution < 1.29 is 24.1 Å². The van der Waals surface area contributed by atoms with Gasteiger partial charge in [0.15, 0.2) is 11.5 Å². The Hall–Kier alpha value is -3.23. The van der Waals surface area contributed by atoms with Crippen LogP contribution in [0.1, 0.15) is 17.4 Å². The summed E-state index contributed by atoms with van der Waals surface area (Å²) in [7, 11) is 4.55. The summed E-state index contributed by atoms with van der Waals surface area (Å²) in [6.45, 7) is 1.73. The first-order valence-electron chi connectivity index (χ1n) is 7.44. The first-order chi connectivity index (χ1) is 12.0. The van der Waals surface area contributed by atoms with E-state index in [0.717, 1.165) is 0 Å². The number of anilines is 1. The molecule has 2 aromatic rings. The Balaban J connectivity index is 2.22. The number of benzene rings is 1. The molecule has 0 amide bonds. The van der Waals surface area contributed by atoms with Gasteiger partial charge >= 0.3 is 5.97 Å². The van der Waals surface area contributed by atoms with Gasteiger partial charge in [-0.25, -0.2) is 9.48 Å². The smallest absolute Gasteiger partial charge is 0.352 e. The van der Waals surface area contributed by atoms with Crippen molar-refractivity contribution in [2.45, 2.75) is 13.0 Å². The van der Waals surface area contributed by atoms with Crippen LogP contribution in [0.25, 0.3) is 0 Å². The summed E-state index contributed by atoms with van der Waals surface area (Å²) in [6.07, 6.45) is 1.55. The lowest BCUT2D eigenvalue weighted by Gasteiger charge is -2.25. The molecule has 1 aliphatic rings. The number of aryl methyl sites for hydroxylation is 1. The van der Waals surface area contributed by atoms with E-state index in [-0.39, 0.29) is 5.70 Å². The average Bonchev–Trinajstić information content (AvgIpc) is 2.99. The first kappa shape index (κ1) is 16.6. The lowest BCUT2D eigenvalue weighted by molar-refractivity contribution is -0.132. The molecule has 2 heterocycles. The molecule has 3 rings (SSSR count). The Bertz CT molecular complexity index is 858. The van der Waals surface area contributed by atoms with E-state index >= 15 is 0 Å². The summed E-state index contributed by atoms with van der Waals surface area (Å²) in [5.41, 5.74) is 0.688. The third-order valence-corrected chi connectivity index (χ3v) is 3.86. The minimum absolute atomic E-state index is 0.0155. The molecule has 25 heavy (non-hydrogen) atoms. The number of allylic oxidation sites excluding steroid dienone is 1. The largest absolute Gasteiger partial charge is 0.493 e. The molecular weight excluding hydrogens is 328 g/mol. The van der Waals surface area contributed by atoms with Crippen LogP contribution in [0.2, 0.25) is 0 Å². The minimum Gasteiger partial charge on any atom is -0.493 e. The molecule has 1 unspecified atom stereocenters. The number of ether oxygens (including phenoxy) is 3. The fourth-order valence-electron chi connectivity index (χ4n) is 2.80. The fourth-order valence-corrected chi connectivity index (χ4v) is 2.80. The Labute approximate surface area is 143 Å². The van der Waals surface area contributed by atoms with Crippen LogP contribution in [-0.2, 0) is 4.79 Å². The van der Waals surface area contributed by atoms with Gasteiger partial charge < -0.3 is 24.6 Å². The Morgan fingerprint density at radius 1 is 1.20 bits per heavy atom. The number of aromatic nitrogens is 3. The van der Waals surface area contributed by atoms with E-state index < -0.39 is 12.0 Å². The zero-order chi connectivity index (χ0) is 18.1. The summed E-state index contributed by atoms with van der Waals surface area (Å²) in [4.78, 5) is 15.7. The number of hydrogen-bond donors (Lipinski definition) is 2. The van der Waals surface area contributed by atoms with Gasteiger partial charge in [-0.2, -0.15) is 10.1 Å². The standard InChI is InChI=1S/C16H18N4O5/c1-8-17-16-18-10(15(21)22)7-11(20(16)19-8)9-5-6-12(23-2)14(25-4)13(9)24-3/h5-7,11H,1-4H3,(H,21,22)(H,17,18,19). The van der Waals surface area contributed by atoms with Gasteiger partial charge in [0, 0.05) is 5.56 Å². The van der Waals surface area contributed by atoms with Gasteiger partial charge in [0.2, 0.25) is 11.7 Å². The van der Waals surface area contributed by atoms with Crippen LogP contribution in [0.4, 0.5) is 5.95 Å². The Morgan fingerprint density at radius 2 is 1.92 bits per heavy atom. The van der Waals surface area contributed by atoms with E-state index in [1.54, 1.807) is 29.8 Å². The topological polar surface area (TPSA) is 108 Å². The molecular formula is C16H18N4O5. The molecule has 0 fully saturated rings. The summed E-state index contributed by atoms with van der Waals surface area (Å²) in [6, 6.07) is 2.99. The van der Waals surface area contributed by atoms with Crippen LogP contribution in [-0.4, -0.2) is 47.2 Å². The van der Waals surface area contributed by atoms with Crippen LogP contribution < -0.4 is 19.5 Å². The first-order valence-corrected chi connectivity index (χ1v) is 7.44. The van der Waals surface area contributed by atoms with Gasteiger partial charge in [-0.1, -0.05) is 0 Å². The van der Waals surface area contributed by atoms with Gasteiger partial charge in [-0.05, 0) is 25.1 Å². The lowest BCUT2D eigenvalue weighted by atomic mass is 10.0. The molecule has 9 heteroatoms. The number of carboxylic acid groups (broad SMARTS) is 1. The molecule has 1 aromatic carbocycles. The number of rotatable bonds is 5. The van der Waals surface area contributed by atoms with Crippen molar-refractivity contribution in [3.05, 3.63) is 35.3 Å². The predicted molar refractivity (Wildman–Crippen MR) is 88.3 cm³/mol. The van der Waals surface area contributed by atoms with Crippen LogP contribution in [0.15, 0.2) is 23.9 Å². The molecule has 0 bridgehead atoms. The molecule has 0 spiro atoms. The van der Waals surface area contributed by atoms with E-state index in [1.165, 1.54) is 21.3 Å². The Morgan fingerprint density at radius 3 is 2.52 bits per heavy atom. The number of nitrogens with one attached hydrogen (secondary N) is 1. The Kier molecular flexibility index (Phi) is 4.22. The minimum atomic E-state index is -1.09. The zero-order valence-electron chi connectivity index (χ0n) is 14.2. The lowest BCUT2D eigenvalue weighted by Crippen LogP contribution is -2.24. The molecule has 0 saturated heterocycles. The SMILES string of the molecule is COc1ccc(C2C=C(C(=O)O)Nc3nc(C)nn32)c(OC)c1OC. The van der Waals surface area contributed by atoms with Crippen molar-refractivity contribution in [1.29, 1.82) is 0 Å². The number of methoxy groups -OCH3 is 3. The van der Waals surface area contributed by atoms with Crippen molar-refractivity contribution in [1.82, 2.24) is 14.8 Å². The van der Waals surface area contributed by atoms with Gasteiger partial charge in [0.05, 0.1) is 21.3 Å². The second kappa shape index (κ2) is 6.34. The molecule has 2 N–H and O–H groups in total. The molecule has 0 saturated carbocycles. The highest BCUT2D eigenvalue weighted by Gasteiger charge is 2.30. The van der Waals surface area contributed by atoms with E-state index in [4.69, 9.17) is 14.2 Å². The summed E-state index contributed by atoms with van der Waals surface area (Å²) in [5, 5.41) is 16.5. The van der Waals surface area contributed by atoms with E-state index in [2.05, 4.69) is 15.4 Å². The van der Waals surface area contributed by atoms with Crippen molar-refractivity contribution >= 4 is 11.9 Å². The zero-order valence-corrected chi connectivity index (χ0v) is 14.2. The molecule has 1 aromatic heterocycles. The van der Waals surface area contributed by atoms with E-state index in [1.807, 2.05) is 0 Å². The number of carbonyl (C=O) groups is 1. The predicted octanol–water partition coefficient (Wildman–Crippen LogP) is 1.60. The highest BCUT2D eigenvalue weighted by atomic mass is 16.5. The number of hydrogen-bond acceptors (Lipinski definition) is 7. The molecule has 132 valence electrons. The average molecular weight is 346 g/mol.